The number of anilines is 1. The van der Waals surface area contributed by atoms with Crippen LogP contribution in [-0.4, -0.2) is 11.0 Å². The average Bonchev–Trinajstić information content (AvgIpc) is 3.07. The highest BCUT2D eigenvalue weighted by Crippen LogP contribution is 2.24. The van der Waals surface area contributed by atoms with Crippen LogP contribution in [0.15, 0.2) is 65.1 Å². The fourth-order valence-electron chi connectivity index (χ4n) is 2.33. The van der Waals surface area contributed by atoms with Crippen LogP contribution in [0.5, 0.6) is 0 Å². The second-order valence-corrected chi connectivity index (χ2v) is 5.79. The Hall–Kier alpha value is -2.56. The molecule has 0 unspecified atom stereocenters. The molecule has 0 saturated carbocycles. The molecule has 0 bridgehead atoms. The van der Waals surface area contributed by atoms with E-state index < -0.39 is 0 Å². The van der Waals surface area contributed by atoms with Gasteiger partial charge in [0, 0.05) is 16.3 Å². The van der Waals surface area contributed by atoms with Crippen LogP contribution in [0.25, 0.3) is 11.3 Å². The third-order valence-electron chi connectivity index (χ3n) is 3.55. The highest BCUT2D eigenvalue weighted by Gasteiger charge is 2.07. The Balaban J connectivity index is 1.63. The number of aliphatic hydroxyl groups excluding tert-OH is 1. The molecule has 1 heterocycles. The lowest BCUT2D eigenvalue weighted by Gasteiger charge is -2.06. The number of aliphatic hydroxyl groups is 1. The van der Waals surface area contributed by atoms with Crippen molar-refractivity contribution in [2.24, 2.45) is 0 Å². The molecule has 0 radical (unpaired) electrons. The van der Waals surface area contributed by atoms with Gasteiger partial charge in [0.15, 0.2) is 0 Å². The molecule has 0 aliphatic rings. The molecule has 24 heavy (non-hydrogen) atoms. The van der Waals surface area contributed by atoms with Gasteiger partial charge in [0.25, 0.3) is 0 Å². The maximum atomic E-state index is 12.1. The molecule has 3 rings (SSSR count). The summed E-state index contributed by atoms with van der Waals surface area (Å²) in [6.45, 7) is -0.126. The van der Waals surface area contributed by atoms with Crippen LogP contribution in [0.4, 0.5) is 5.69 Å². The first-order valence-electron chi connectivity index (χ1n) is 7.48. The van der Waals surface area contributed by atoms with Crippen molar-refractivity contribution < 1.29 is 14.3 Å². The SMILES string of the molecule is O=C(Cc1ccc(Cl)cc1)Nc1ccc(-c2ccc(CO)o2)cc1. The van der Waals surface area contributed by atoms with E-state index in [2.05, 4.69) is 5.32 Å². The third kappa shape index (κ3) is 4.04. The minimum atomic E-state index is -0.126. The van der Waals surface area contributed by atoms with Gasteiger partial charge in [0.2, 0.25) is 5.91 Å². The van der Waals surface area contributed by atoms with E-state index in [1.165, 1.54) is 0 Å². The van der Waals surface area contributed by atoms with Crippen molar-refractivity contribution in [3.63, 3.8) is 0 Å². The van der Waals surface area contributed by atoms with Crippen LogP contribution in [-0.2, 0) is 17.8 Å². The summed E-state index contributed by atoms with van der Waals surface area (Å²) < 4.78 is 5.48. The molecule has 1 aromatic heterocycles. The number of halogens is 1. The zero-order chi connectivity index (χ0) is 16.9. The van der Waals surface area contributed by atoms with Crippen molar-refractivity contribution in [2.75, 3.05) is 5.32 Å². The Labute approximate surface area is 144 Å². The van der Waals surface area contributed by atoms with Crippen molar-refractivity contribution in [3.05, 3.63) is 77.0 Å². The van der Waals surface area contributed by atoms with E-state index in [1.54, 1.807) is 24.3 Å². The zero-order valence-corrected chi connectivity index (χ0v) is 13.6. The predicted octanol–water partition coefficient (Wildman–Crippen LogP) is 4.27. The maximum Gasteiger partial charge on any atom is 0.228 e. The minimum absolute atomic E-state index is 0.0920. The monoisotopic (exact) mass is 341 g/mol. The molecule has 0 spiro atoms. The van der Waals surface area contributed by atoms with Crippen molar-refractivity contribution in [1.29, 1.82) is 0 Å². The summed E-state index contributed by atoms with van der Waals surface area (Å²) in [5.41, 5.74) is 2.50. The van der Waals surface area contributed by atoms with E-state index in [1.807, 2.05) is 36.4 Å². The van der Waals surface area contributed by atoms with Gasteiger partial charge in [-0.1, -0.05) is 23.7 Å². The molecule has 1 amide bonds. The van der Waals surface area contributed by atoms with Gasteiger partial charge in [0.1, 0.15) is 18.1 Å². The van der Waals surface area contributed by atoms with Crippen molar-refractivity contribution in [2.45, 2.75) is 13.0 Å². The summed E-state index contributed by atoms with van der Waals surface area (Å²) in [5, 5.41) is 12.5. The Morgan fingerprint density at radius 3 is 2.33 bits per heavy atom. The van der Waals surface area contributed by atoms with E-state index in [0.717, 1.165) is 11.1 Å². The van der Waals surface area contributed by atoms with E-state index in [0.29, 0.717) is 22.2 Å². The van der Waals surface area contributed by atoms with Crippen molar-refractivity contribution in [1.82, 2.24) is 0 Å². The highest BCUT2D eigenvalue weighted by atomic mass is 35.5. The third-order valence-corrected chi connectivity index (χ3v) is 3.80. The van der Waals surface area contributed by atoms with Gasteiger partial charge in [0.05, 0.1) is 6.42 Å². The number of hydrogen-bond acceptors (Lipinski definition) is 3. The number of carbonyl (C=O) groups is 1. The molecule has 2 N–H and O–H groups in total. The van der Waals surface area contributed by atoms with Crippen LogP contribution in [0, 0.1) is 0 Å². The van der Waals surface area contributed by atoms with Gasteiger partial charge < -0.3 is 14.8 Å². The molecule has 0 saturated heterocycles. The van der Waals surface area contributed by atoms with E-state index in [9.17, 15) is 4.79 Å². The average molecular weight is 342 g/mol. The molecule has 4 nitrogen and oxygen atoms in total. The molecule has 2 aromatic carbocycles. The van der Waals surface area contributed by atoms with Crippen LogP contribution in [0.1, 0.15) is 11.3 Å². The number of benzene rings is 2. The number of furan rings is 1. The molecule has 3 aromatic rings. The van der Waals surface area contributed by atoms with Crippen molar-refractivity contribution in [3.8, 4) is 11.3 Å². The summed E-state index contributed by atoms with van der Waals surface area (Å²) >= 11 is 5.83. The quantitative estimate of drug-likeness (QED) is 0.728. The summed E-state index contributed by atoms with van der Waals surface area (Å²) in [5.74, 6) is 1.11. The van der Waals surface area contributed by atoms with Gasteiger partial charge in [-0.05, 0) is 54.1 Å². The number of carbonyl (C=O) groups excluding carboxylic acids is 1. The van der Waals surface area contributed by atoms with E-state index in [4.69, 9.17) is 21.1 Å². The Morgan fingerprint density at radius 2 is 1.71 bits per heavy atom. The molecular formula is C19H16ClNO3. The maximum absolute atomic E-state index is 12.1. The molecule has 5 heteroatoms. The molecular weight excluding hydrogens is 326 g/mol. The highest BCUT2D eigenvalue weighted by molar-refractivity contribution is 6.30. The first-order valence-corrected chi connectivity index (χ1v) is 7.86. The molecule has 0 aliphatic heterocycles. The second kappa shape index (κ2) is 7.34. The van der Waals surface area contributed by atoms with E-state index in [-0.39, 0.29) is 18.9 Å². The molecule has 0 aliphatic carbocycles. The van der Waals surface area contributed by atoms with Gasteiger partial charge in [-0.3, -0.25) is 4.79 Å². The first kappa shape index (κ1) is 16.3. The lowest BCUT2D eigenvalue weighted by Crippen LogP contribution is -2.14. The van der Waals surface area contributed by atoms with Crippen molar-refractivity contribution >= 4 is 23.2 Å². The van der Waals surface area contributed by atoms with Crippen LogP contribution >= 0.6 is 11.6 Å². The smallest absolute Gasteiger partial charge is 0.228 e. The van der Waals surface area contributed by atoms with Gasteiger partial charge in [-0.15, -0.1) is 0 Å². The van der Waals surface area contributed by atoms with E-state index >= 15 is 0 Å². The fraction of sp³-hybridized carbons (Fsp3) is 0.105. The van der Waals surface area contributed by atoms with Gasteiger partial charge in [-0.25, -0.2) is 0 Å². The standard InChI is InChI=1S/C19H16ClNO3/c20-15-5-1-13(2-6-15)11-19(23)21-16-7-3-14(4-8-16)18-10-9-17(12-22)24-18/h1-10,22H,11-12H2,(H,21,23). The fourth-order valence-corrected chi connectivity index (χ4v) is 2.45. The Morgan fingerprint density at radius 1 is 1.00 bits per heavy atom. The number of rotatable bonds is 5. The predicted molar refractivity (Wildman–Crippen MR) is 93.9 cm³/mol. The summed E-state index contributed by atoms with van der Waals surface area (Å²) in [6.07, 6.45) is 0.289. The number of amides is 1. The van der Waals surface area contributed by atoms with Gasteiger partial charge >= 0.3 is 0 Å². The minimum Gasteiger partial charge on any atom is -0.459 e. The zero-order valence-electron chi connectivity index (χ0n) is 12.8. The molecule has 122 valence electrons. The topological polar surface area (TPSA) is 62.5 Å². The second-order valence-electron chi connectivity index (χ2n) is 5.35. The lowest BCUT2D eigenvalue weighted by atomic mass is 10.1. The Kier molecular flexibility index (Phi) is 4.99. The molecule has 0 atom stereocenters. The summed E-state index contributed by atoms with van der Waals surface area (Å²) in [7, 11) is 0. The van der Waals surface area contributed by atoms with Crippen LogP contribution in [0.2, 0.25) is 5.02 Å². The summed E-state index contributed by atoms with van der Waals surface area (Å²) in [6, 6.07) is 18.1. The van der Waals surface area contributed by atoms with Crippen LogP contribution < -0.4 is 5.32 Å². The summed E-state index contributed by atoms with van der Waals surface area (Å²) in [4.78, 5) is 12.1. The first-order chi connectivity index (χ1) is 11.6. The van der Waals surface area contributed by atoms with Gasteiger partial charge in [-0.2, -0.15) is 0 Å². The largest absolute Gasteiger partial charge is 0.459 e. The normalized spacial score (nSPS) is 10.6. The molecule has 0 fully saturated rings. The number of nitrogens with one attached hydrogen (secondary N) is 1. The van der Waals surface area contributed by atoms with Crippen LogP contribution in [0.3, 0.4) is 0 Å². The lowest BCUT2D eigenvalue weighted by molar-refractivity contribution is -0.115. The Bertz CT molecular complexity index is 823. The number of hydrogen-bond donors (Lipinski definition) is 2.